The Morgan fingerprint density at radius 2 is 2.12 bits per heavy atom. The third-order valence-electron chi connectivity index (χ3n) is 2.14. The van der Waals surface area contributed by atoms with Gasteiger partial charge in [0.2, 0.25) is 5.91 Å². The van der Waals surface area contributed by atoms with Crippen LogP contribution in [0.3, 0.4) is 0 Å². The van der Waals surface area contributed by atoms with Crippen LogP contribution in [0.2, 0.25) is 0 Å². The average Bonchev–Trinajstić information content (AvgIpc) is 2.36. The summed E-state index contributed by atoms with van der Waals surface area (Å²) in [5.41, 5.74) is 0.0632. The zero-order chi connectivity index (χ0) is 12.8. The fourth-order valence-corrected chi connectivity index (χ4v) is 1.17. The van der Waals surface area contributed by atoms with Crippen LogP contribution in [0.4, 0.5) is 0 Å². The molecule has 0 aliphatic rings. The summed E-state index contributed by atoms with van der Waals surface area (Å²) in [6.07, 6.45) is 0. The van der Waals surface area contributed by atoms with Gasteiger partial charge in [-0.25, -0.2) is 0 Å². The highest BCUT2D eigenvalue weighted by Crippen LogP contribution is 2.22. The van der Waals surface area contributed by atoms with E-state index >= 15 is 0 Å². The van der Waals surface area contributed by atoms with Crippen molar-refractivity contribution < 1.29 is 19.4 Å². The van der Waals surface area contributed by atoms with E-state index in [1.165, 1.54) is 32.4 Å². The van der Waals surface area contributed by atoms with Crippen molar-refractivity contribution in [2.45, 2.75) is 0 Å². The van der Waals surface area contributed by atoms with E-state index in [1.807, 2.05) is 0 Å². The second-order valence-corrected chi connectivity index (χ2v) is 3.24. The first kappa shape index (κ1) is 12.8. The number of amides is 2. The lowest BCUT2D eigenvalue weighted by atomic mass is 10.1. The van der Waals surface area contributed by atoms with E-state index in [-0.39, 0.29) is 23.8 Å². The number of ether oxygens (including phenoxy) is 1. The minimum absolute atomic E-state index is 0.0632. The molecular weight excluding hydrogens is 224 g/mol. The Bertz CT molecular complexity index is 431. The normalized spacial score (nSPS) is 9.53. The summed E-state index contributed by atoms with van der Waals surface area (Å²) in [4.78, 5) is 22.6. The molecule has 0 aromatic heterocycles. The van der Waals surface area contributed by atoms with Gasteiger partial charge in [-0.15, -0.1) is 0 Å². The molecule has 0 bridgehead atoms. The van der Waals surface area contributed by atoms with Crippen LogP contribution in [0.25, 0.3) is 0 Å². The molecule has 0 heterocycles. The largest absolute Gasteiger partial charge is 0.507 e. The number of carbonyl (C=O) groups excluding carboxylic acids is 2. The van der Waals surface area contributed by atoms with E-state index in [4.69, 9.17) is 4.74 Å². The molecule has 3 N–H and O–H groups in total. The van der Waals surface area contributed by atoms with E-state index in [9.17, 15) is 14.7 Å². The number of rotatable bonds is 4. The van der Waals surface area contributed by atoms with Crippen molar-refractivity contribution in [3.8, 4) is 11.5 Å². The highest BCUT2D eigenvalue weighted by atomic mass is 16.5. The van der Waals surface area contributed by atoms with Crippen molar-refractivity contribution in [3.05, 3.63) is 23.8 Å². The van der Waals surface area contributed by atoms with Crippen LogP contribution in [-0.2, 0) is 4.79 Å². The first-order chi connectivity index (χ1) is 8.08. The van der Waals surface area contributed by atoms with E-state index in [2.05, 4.69) is 10.6 Å². The van der Waals surface area contributed by atoms with Crippen LogP contribution in [0.15, 0.2) is 18.2 Å². The fourth-order valence-electron chi connectivity index (χ4n) is 1.17. The zero-order valence-electron chi connectivity index (χ0n) is 9.61. The van der Waals surface area contributed by atoms with Gasteiger partial charge in [-0.1, -0.05) is 0 Å². The number of hydrogen-bond donors (Lipinski definition) is 3. The van der Waals surface area contributed by atoms with Gasteiger partial charge >= 0.3 is 0 Å². The van der Waals surface area contributed by atoms with Crippen LogP contribution in [-0.4, -0.2) is 37.6 Å². The SMILES string of the molecule is CNC(=O)CNC(=O)c1cc(OC)ccc1O. The molecule has 92 valence electrons. The quantitative estimate of drug-likeness (QED) is 0.682. The third-order valence-corrected chi connectivity index (χ3v) is 2.14. The summed E-state index contributed by atoms with van der Waals surface area (Å²) >= 11 is 0. The van der Waals surface area contributed by atoms with Gasteiger partial charge < -0.3 is 20.5 Å². The lowest BCUT2D eigenvalue weighted by Gasteiger charge is -2.07. The molecule has 0 atom stereocenters. The van der Waals surface area contributed by atoms with Crippen LogP contribution in [0.1, 0.15) is 10.4 Å². The van der Waals surface area contributed by atoms with Crippen molar-refractivity contribution in [2.24, 2.45) is 0 Å². The van der Waals surface area contributed by atoms with Crippen LogP contribution >= 0.6 is 0 Å². The highest BCUT2D eigenvalue weighted by molar-refractivity contribution is 5.99. The second kappa shape index (κ2) is 5.74. The molecule has 1 aromatic carbocycles. The molecule has 2 amide bonds. The lowest BCUT2D eigenvalue weighted by molar-refractivity contribution is -0.119. The molecule has 0 aliphatic heterocycles. The summed E-state index contributed by atoms with van der Waals surface area (Å²) < 4.78 is 4.94. The summed E-state index contributed by atoms with van der Waals surface area (Å²) in [6.45, 7) is -0.147. The molecule has 0 radical (unpaired) electrons. The van der Waals surface area contributed by atoms with Gasteiger partial charge in [0, 0.05) is 7.05 Å². The van der Waals surface area contributed by atoms with E-state index in [0.717, 1.165) is 0 Å². The smallest absolute Gasteiger partial charge is 0.255 e. The summed E-state index contributed by atoms with van der Waals surface area (Å²) in [7, 11) is 2.93. The van der Waals surface area contributed by atoms with Crippen molar-refractivity contribution in [3.63, 3.8) is 0 Å². The molecule has 6 heteroatoms. The topological polar surface area (TPSA) is 87.7 Å². The predicted octanol–water partition coefficient (Wildman–Crippen LogP) is -0.123. The van der Waals surface area contributed by atoms with Crippen molar-refractivity contribution in [1.82, 2.24) is 10.6 Å². The Kier molecular flexibility index (Phi) is 4.33. The lowest BCUT2D eigenvalue weighted by Crippen LogP contribution is -2.35. The molecule has 0 saturated heterocycles. The number of benzene rings is 1. The molecule has 0 fully saturated rings. The van der Waals surface area contributed by atoms with Gasteiger partial charge in [-0.05, 0) is 18.2 Å². The van der Waals surface area contributed by atoms with Crippen LogP contribution < -0.4 is 15.4 Å². The Hall–Kier alpha value is -2.24. The standard InChI is InChI=1S/C11H14N2O4/c1-12-10(15)6-13-11(16)8-5-7(17-2)3-4-9(8)14/h3-5,14H,6H2,1-2H3,(H,12,15)(H,13,16). The van der Waals surface area contributed by atoms with Crippen LogP contribution in [0, 0.1) is 0 Å². The number of phenols is 1. The minimum Gasteiger partial charge on any atom is -0.507 e. The van der Waals surface area contributed by atoms with Gasteiger partial charge in [0.1, 0.15) is 11.5 Å². The summed E-state index contributed by atoms with van der Waals surface area (Å²) in [6, 6.07) is 4.28. The number of hydrogen-bond acceptors (Lipinski definition) is 4. The first-order valence-electron chi connectivity index (χ1n) is 4.94. The molecule has 0 saturated carbocycles. The molecule has 0 aliphatic carbocycles. The van der Waals surface area contributed by atoms with Gasteiger partial charge in [-0.2, -0.15) is 0 Å². The molecule has 0 spiro atoms. The first-order valence-corrected chi connectivity index (χ1v) is 4.94. The predicted molar refractivity (Wildman–Crippen MR) is 61.1 cm³/mol. The molecule has 0 unspecified atom stereocenters. The monoisotopic (exact) mass is 238 g/mol. The van der Waals surface area contributed by atoms with E-state index < -0.39 is 5.91 Å². The van der Waals surface area contributed by atoms with Crippen molar-refractivity contribution in [2.75, 3.05) is 20.7 Å². The Balaban J connectivity index is 2.77. The van der Waals surface area contributed by atoms with Crippen molar-refractivity contribution in [1.29, 1.82) is 0 Å². The number of aromatic hydroxyl groups is 1. The maximum Gasteiger partial charge on any atom is 0.255 e. The van der Waals surface area contributed by atoms with Gasteiger partial charge in [0.05, 0.1) is 19.2 Å². The van der Waals surface area contributed by atoms with Crippen LogP contribution in [0.5, 0.6) is 11.5 Å². The number of methoxy groups -OCH3 is 1. The molecular formula is C11H14N2O4. The Labute approximate surface area is 98.6 Å². The second-order valence-electron chi connectivity index (χ2n) is 3.24. The van der Waals surface area contributed by atoms with Gasteiger partial charge in [0.15, 0.2) is 0 Å². The maximum absolute atomic E-state index is 11.6. The fraction of sp³-hybridized carbons (Fsp3) is 0.273. The summed E-state index contributed by atoms with van der Waals surface area (Å²) in [5.74, 6) is -0.571. The molecule has 1 rings (SSSR count). The van der Waals surface area contributed by atoms with E-state index in [0.29, 0.717) is 5.75 Å². The highest BCUT2D eigenvalue weighted by Gasteiger charge is 2.12. The van der Waals surface area contributed by atoms with Gasteiger partial charge in [-0.3, -0.25) is 9.59 Å². The maximum atomic E-state index is 11.6. The zero-order valence-corrected chi connectivity index (χ0v) is 9.61. The number of phenolic OH excluding ortho intramolecular Hbond substituents is 1. The van der Waals surface area contributed by atoms with Gasteiger partial charge in [0.25, 0.3) is 5.91 Å². The Morgan fingerprint density at radius 1 is 1.41 bits per heavy atom. The minimum atomic E-state index is -0.537. The van der Waals surface area contributed by atoms with Crippen molar-refractivity contribution >= 4 is 11.8 Å². The molecule has 1 aromatic rings. The third kappa shape index (κ3) is 3.37. The van der Waals surface area contributed by atoms with E-state index in [1.54, 1.807) is 0 Å². The molecule has 17 heavy (non-hydrogen) atoms. The average molecular weight is 238 g/mol. The molecule has 6 nitrogen and oxygen atoms in total. The summed E-state index contributed by atoms with van der Waals surface area (Å²) in [5, 5.41) is 14.2. The number of likely N-dealkylation sites (N-methyl/N-ethyl adjacent to an activating group) is 1. The Morgan fingerprint density at radius 3 is 2.71 bits per heavy atom. The number of carbonyl (C=O) groups is 2. The number of nitrogens with one attached hydrogen (secondary N) is 2.